The quantitative estimate of drug-likeness (QED) is 0.651. The number of carboxylic acids is 1. The summed E-state index contributed by atoms with van der Waals surface area (Å²) in [4.78, 5) is 22.1. The molecular weight excluding hydrogens is 230 g/mol. The average molecular weight is 253 g/mol. The lowest BCUT2D eigenvalue weighted by molar-refractivity contribution is -0.137. The number of nitrogens with two attached hydrogens (primary N) is 1. The molecule has 1 fully saturated rings. The maximum Gasteiger partial charge on any atom is 0.303 e. The van der Waals surface area contributed by atoms with Crippen molar-refractivity contribution < 1.29 is 14.7 Å². The number of hydrogen-bond acceptors (Lipinski definition) is 3. The number of carbonyl (C=O) groups is 2. The number of carboxylic acid groups (broad SMARTS) is 1. The van der Waals surface area contributed by atoms with E-state index in [-0.39, 0.29) is 12.3 Å². The first-order chi connectivity index (χ1) is 8.65. The topological polar surface area (TPSA) is 80.4 Å². The van der Waals surface area contributed by atoms with Gasteiger partial charge in [0.15, 0.2) is 0 Å². The van der Waals surface area contributed by atoms with Crippen molar-refractivity contribution in [1.82, 2.24) is 0 Å². The predicted molar refractivity (Wildman–Crippen MR) is 69.9 cm³/mol. The van der Waals surface area contributed by atoms with Crippen molar-refractivity contribution in [2.45, 2.75) is 51.4 Å². The number of Topliss-reactive ketones (excluding diaryl/α,β-unsaturated/α-hetero) is 1. The maximum atomic E-state index is 11.7. The van der Waals surface area contributed by atoms with Gasteiger partial charge in [0.25, 0.3) is 0 Å². The molecule has 0 saturated heterocycles. The van der Waals surface area contributed by atoms with E-state index < -0.39 is 5.97 Å². The Bertz CT molecular complexity index is 312. The molecule has 1 rings (SSSR count). The Balaban J connectivity index is 2.17. The highest BCUT2D eigenvalue weighted by molar-refractivity contribution is 5.83. The highest BCUT2D eigenvalue weighted by Crippen LogP contribution is 2.33. The zero-order chi connectivity index (χ0) is 13.4. The molecule has 1 aliphatic rings. The molecule has 1 saturated carbocycles. The third kappa shape index (κ3) is 4.90. The third-order valence-electron chi connectivity index (χ3n) is 3.67. The molecule has 0 bridgehead atoms. The summed E-state index contributed by atoms with van der Waals surface area (Å²) in [6.07, 6.45) is 9.95. The number of rotatable bonds is 8. The molecule has 0 aromatic rings. The van der Waals surface area contributed by atoms with Crippen molar-refractivity contribution in [3.63, 3.8) is 0 Å². The van der Waals surface area contributed by atoms with Crippen LogP contribution in [0.1, 0.15) is 51.4 Å². The van der Waals surface area contributed by atoms with E-state index in [1.54, 1.807) is 6.20 Å². The summed E-state index contributed by atoms with van der Waals surface area (Å²) in [7, 11) is 0. The largest absolute Gasteiger partial charge is 0.481 e. The predicted octanol–water partition coefficient (Wildman–Crippen LogP) is 2.48. The smallest absolute Gasteiger partial charge is 0.303 e. The van der Waals surface area contributed by atoms with Gasteiger partial charge in [0.2, 0.25) is 0 Å². The second-order valence-corrected chi connectivity index (χ2v) is 5.01. The van der Waals surface area contributed by atoms with Gasteiger partial charge in [-0.3, -0.25) is 9.59 Å². The molecule has 0 aromatic carbocycles. The summed E-state index contributed by atoms with van der Waals surface area (Å²) in [5.41, 5.74) is 5.39. The average Bonchev–Trinajstić information content (AvgIpc) is 2.66. The van der Waals surface area contributed by atoms with Crippen molar-refractivity contribution in [2.24, 2.45) is 17.6 Å². The second-order valence-electron chi connectivity index (χ2n) is 5.01. The van der Waals surface area contributed by atoms with Crippen LogP contribution in [-0.4, -0.2) is 16.9 Å². The van der Waals surface area contributed by atoms with Crippen LogP contribution in [0.3, 0.4) is 0 Å². The lowest BCUT2D eigenvalue weighted by Gasteiger charge is -2.14. The molecule has 0 radical (unpaired) electrons. The highest BCUT2D eigenvalue weighted by Gasteiger charge is 2.31. The Hall–Kier alpha value is -1.32. The molecule has 0 spiro atoms. The Morgan fingerprint density at radius 2 is 2.06 bits per heavy atom. The van der Waals surface area contributed by atoms with Gasteiger partial charge in [-0.15, -0.1) is 0 Å². The van der Waals surface area contributed by atoms with Crippen molar-refractivity contribution in [3.8, 4) is 0 Å². The Morgan fingerprint density at radius 1 is 1.33 bits per heavy atom. The van der Waals surface area contributed by atoms with E-state index in [2.05, 4.69) is 0 Å². The van der Waals surface area contributed by atoms with Crippen molar-refractivity contribution >= 4 is 11.8 Å². The van der Waals surface area contributed by atoms with Gasteiger partial charge in [-0.05, 0) is 31.4 Å². The fraction of sp³-hybridized carbons (Fsp3) is 0.714. The minimum absolute atomic E-state index is 0.143. The minimum atomic E-state index is -0.728. The van der Waals surface area contributed by atoms with E-state index in [0.717, 1.165) is 38.5 Å². The molecule has 4 nitrogen and oxygen atoms in total. The molecular formula is C14H23NO3. The van der Waals surface area contributed by atoms with Gasteiger partial charge >= 0.3 is 5.97 Å². The van der Waals surface area contributed by atoms with E-state index in [9.17, 15) is 9.59 Å². The van der Waals surface area contributed by atoms with Crippen LogP contribution < -0.4 is 5.73 Å². The van der Waals surface area contributed by atoms with Crippen molar-refractivity contribution in [2.75, 3.05) is 0 Å². The number of allylic oxidation sites excluding steroid dienone is 1. The molecule has 0 heterocycles. The zero-order valence-electron chi connectivity index (χ0n) is 10.8. The van der Waals surface area contributed by atoms with Crippen LogP contribution in [-0.2, 0) is 9.59 Å². The van der Waals surface area contributed by atoms with Gasteiger partial charge in [0.1, 0.15) is 5.78 Å². The molecule has 18 heavy (non-hydrogen) atoms. The fourth-order valence-electron chi connectivity index (χ4n) is 2.68. The molecule has 102 valence electrons. The third-order valence-corrected chi connectivity index (χ3v) is 3.67. The van der Waals surface area contributed by atoms with Crippen LogP contribution in [0.15, 0.2) is 12.3 Å². The van der Waals surface area contributed by atoms with E-state index >= 15 is 0 Å². The van der Waals surface area contributed by atoms with Crippen LogP contribution in [0.25, 0.3) is 0 Å². The standard InChI is InChI=1S/C14H23NO3/c15-10-9-11-7-8-13(16)12(11)5-3-1-2-4-6-14(17)18/h9-12H,1-8,15H2,(H,17,18)/b10-9+/t11-,12-/m1/s1. The summed E-state index contributed by atoms with van der Waals surface area (Å²) in [5.74, 6) is 0.101. The number of hydrogen-bond donors (Lipinski definition) is 2. The van der Waals surface area contributed by atoms with E-state index in [1.807, 2.05) is 6.08 Å². The van der Waals surface area contributed by atoms with E-state index in [1.165, 1.54) is 0 Å². The summed E-state index contributed by atoms with van der Waals surface area (Å²) >= 11 is 0. The molecule has 0 aromatic heterocycles. The van der Waals surface area contributed by atoms with Gasteiger partial charge in [0, 0.05) is 18.8 Å². The van der Waals surface area contributed by atoms with Gasteiger partial charge in [-0.25, -0.2) is 0 Å². The first-order valence-corrected chi connectivity index (χ1v) is 6.78. The summed E-state index contributed by atoms with van der Waals surface area (Å²) in [6.45, 7) is 0. The van der Waals surface area contributed by atoms with Gasteiger partial charge in [0.05, 0.1) is 0 Å². The monoisotopic (exact) mass is 253 g/mol. The highest BCUT2D eigenvalue weighted by atomic mass is 16.4. The number of unbranched alkanes of at least 4 members (excludes halogenated alkanes) is 3. The maximum absolute atomic E-state index is 11.7. The SMILES string of the molecule is N/C=C/[C@H]1CCC(=O)[C@@H]1CCCCCCC(=O)O. The summed E-state index contributed by atoms with van der Waals surface area (Å²) < 4.78 is 0. The first-order valence-electron chi connectivity index (χ1n) is 6.78. The Kier molecular flexibility index (Phi) is 6.47. The lowest BCUT2D eigenvalue weighted by atomic mass is 9.90. The molecule has 3 N–H and O–H groups in total. The zero-order valence-corrected chi connectivity index (χ0v) is 10.8. The van der Waals surface area contributed by atoms with Crippen LogP contribution in [0, 0.1) is 11.8 Å². The van der Waals surface area contributed by atoms with E-state index in [4.69, 9.17) is 10.8 Å². The first kappa shape index (κ1) is 14.7. The number of aliphatic carboxylic acids is 1. The molecule has 4 heteroatoms. The van der Waals surface area contributed by atoms with Crippen molar-refractivity contribution in [1.29, 1.82) is 0 Å². The van der Waals surface area contributed by atoms with E-state index in [0.29, 0.717) is 18.1 Å². The van der Waals surface area contributed by atoms with Crippen LogP contribution in [0.2, 0.25) is 0 Å². The summed E-state index contributed by atoms with van der Waals surface area (Å²) in [5, 5.41) is 8.51. The summed E-state index contributed by atoms with van der Waals surface area (Å²) in [6, 6.07) is 0. The Labute approximate surface area is 108 Å². The molecule has 1 aliphatic carbocycles. The van der Waals surface area contributed by atoms with Crippen LogP contribution >= 0.6 is 0 Å². The van der Waals surface area contributed by atoms with Gasteiger partial charge < -0.3 is 10.8 Å². The molecule has 0 aliphatic heterocycles. The second kappa shape index (κ2) is 7.90. The lowest BCUT2D eigenvalue weighted by Crippen LogP contribution is -2.13. The fourth-order valence-corrected chi connectivity index (χ4v) is 2.68. The number of carbonyl (C=O) groups excluding carboxylic acids is 1. The molecule has 2 atom stereocenters. The van der Waals surface area contributed by atoms with Crippen LogP contribution in [0.5, 0.6) is 0 Å². The minimum Gasteiger partial charge on any atom is -0.481 e. The Morgan fingerprint density at radius 3 is 2.72 bits per heavy atom. The van der Waals surface area contributed by atoms with Crippen molar-refractivity contribution in [3.05, 3.63) is 12.3 Å². The van der Waals surface area contributed by atoms with Gasteiger partial charge in [-0.2, -0.15) is 0 Å². The van der Waals surface area contributed by atoms with Crippen LogP contribution in [0.4, 0.5) is 0 Å². The molecule has 0 amide bonds. The molecule has 0 unspecified atom stereocenters. The normalized spacial score (nSPS) is 23.9. The van der Waals surface area contributed by atoms with Gasteiger partial charge in [-0.1, -0.05) is 25.3 Å². The number of ketones is 1.